The van der Waals surface area contributed by atoms with Crippen molar-refractivity contribution in [3.05, 3.63) is 65.4 Å². The van der Waals surface area contributed by atoms with Crippen molar-refractivity contribution >= 4 is 5.69 Å². The van der Waals surface area contributed by atoms with Crippen LogP contribution in [0, 0.1) is 6.92 Å². The van der Waals surface area contributed by atoms with E-state index in [0.717, 1.165) is 6.54 Å². The van der Waals surface area contributed by atoms with Crippen molar-refractivity contribution in [3.63, 3.8) is 0 Å². The first-order valence-electron chi connectivity index (χ1n) is 8.53. The van der Waals surface area contributed by atoms with Gasteiger partial charge in [0.15, 0.2) is 0 Å². The molecule has 2 heterocycles. The maximum atomic E-state index is 5.49. The Morgan fingerprint density at radius 2 is 1.96 bits per heavy atom. The Labute approximate surface area is 141 Å². The summed E-state index contributed by atoms with van der Waals surface area (Å²) >= 11 is 0. The first-order valence-corrected chi connectivity index (χ1v) is 8.53. The highest BCUT2D eigenvalue weighted by Gasteiger charge is 2.10. The van der Waals surface area contributed by atoms with Gasteiger partial charge in [-0.2, -0.15) is 0 Å². The molecule has 3 aromatic rings. The van der Waals surface area contributed by atoms with Gasteiger partial charge >= 0.3 is 0 Å². The van der Waals surface area contributed by atoms with Gasteiger partial charge in [-0.05, 0) is 47.6 Å². The Kier molecular flexibility index (Phi) is 4.03. The fourth-order valence-corrected chi connectivity index (χ4v) is 3.25. The zero-order valence-electron chi connectivity index (χ0n) is 13.9. The minimum Gasteiger partial charge on any atom is -0.425 e. The van der Waals surface area contributed by atoms with Gasteiger partial charge in [-0.15, -0.1) is 10.2 Å². The number of hydrogen-bond donors (Lipinski definition) is 1. The second-order valence-electron chi connectivity index (χ2n) is 6.35. The summed E-state index contributed by atoms with van der Waals surface area (Å²) in [6, 6.07) is 15.3. The van der Waals surface area contributed by atoms with Gasteiger partial charge in [-0.3, -0.25) is 0 Å². The van der Waals surface area contributed by atoms with E-state index in [1.807, 2.05) is 6.92 Å². The zero-order valence-corrected chi connectivity index (χ0v) is 13.9. The third-order valence-corrected chi connectivity index (χ3v) is 4.48. The molecule has 4 rings (SSSR count). The number of benzene rings is 2. The summed E-state index contributed by atoms with van der Waals surface area (Å²) in [7, 11) is 0. The lowest BCUT2D eigenvalue weighted by Gasteiger charge is -2.11. The molecule has 1 N–H and O–H groups in total. The Balaban J connectivity index is 1.62. The SMILES string of the molecule is Cc1nnc(Cc2cccc(-c3ccc4c(c3)NCCCC4)c2)o1. The van der Waals surface area contributed by atoms with Gasteiger partial charge in [0.2, 0.25) is 11.8 Å². The summed E-state index contributed by atoms with van der Waals surface area (Å²) < 4.78 is 5.49. The number of hydrogen-bond acceptors (Lipinski definition) is 4. The average molecular weight is 319 g/mol. The molecule has 0 atom stereocenters. The lowest BCUT2D eigenvalue weighted by atomic mass is 9.98. The lowest BCUT2D eigenvalue weighted by Crippen LogP contribution is -1.99. The van der Waals surface area contributed by atoms with Crippen LogP contribution < -0.4 is 5.32 Å². The third-order valence-electron chi connectivity index (χ3n) is 4.48. The van der Waals surface area contributed by atoms with Crippen LogP contribution in [0.1, 0.15) is 35.7 Å². The molecule has 0 radical (unpaired) electrons. The van der Waals surface area contributed by atoms with Gasteiger partial charge in [0.05, 0.1) is 6.42 Å². The molecular weight excluding hydrogens is 298 g/mol. The summed E-state index contributed by atoms with van der Waals surface area (Å²) in [6.07, 6.45) is 4.33. The molecule has 1 aliphatic rings. The van der Waals surface area contributed by atoms with Crippen LogP contribution in [0.25, 0.3) is 11.1 Å². The van der Waals surface area contributed by atoms with E-state index in [1.165, 1.54) is 47.2 Å². The van der Waals surface area contributed by atoms with Crippen LogP contribution in [-0.4, -0.2) is 16.7 Å². The van der Waals surface area contributed by atoms with E-state index in [4.69, 9.17) is 4.42 Å². The van der Waals surface area contributed by atoms with Crippen LogP contribution in [0.2, 0.25) is 0 Å². The van der Waals surface area contributed by atoms with Gasteiger partial charge in [0, 0.05) is 19.2 Å². The standard InChI is InChI=1S/C20H21N3O/c1-14-22-23-20(24-14)12-15-5-4-7-17(11-15)18-9-8-16-6-2-3-10-21-19(16)13-18/h4-5,7-9,11,13,21H,2-3,6,10,12H2,1H3. The number of anilines is 1. The molecule has 4 nitrogen and oxygen atoms in total. The highest BCUT2D eigenvalue weighted by molar-refractivity contribution is 5.70. The second kappa shape index (κ2) is 6.48. The fourth-order valence-electron chi connectivity index (χ4n) is 3.25. The molecule has 24 heavy (non-hydrogen) atoms. The molecule has 1 aromatic heterocycles. The number of aryl methyl sites for hydroxylation is 2. The Bertz CT molecular complexity index is 854. The molecule has 2 aromatic carbocycles. The van der Waals surface area contributed by atoms with Crippen molar-refractivity contribution in [2.75, 3.05) is 11.9 Å². The number of fused-ring (bicyclic) bond motifs is 1. The van der Waals surface area contributed by atoms with E-state index < -0.39 is 0 Å². The van der Waals surface area contributed by atoms with Gasteiger partial charge in [-0.25, -0.2) is 0 Å². The maximum Gasteiger partial charge on any atom is 0.220 e. The van der Waals surface area contributed by atoms with Gasteiger partial charge < -0.3 is 9.73 Å². The molecule has 0 aliphatic carbocycles. The summed E-state index contributed by atoms with van der Waals surface area (Å²) in [5, 5.41) is 11.5. The van der Waals surface area contributed by atoms with Crippen LogP contribution in [0.3, 0.4) is 0 Å². The van der Waals surface area contributed by atoms with Crippen molar-refractivity contribution < 1.29 is 4.42 Å². The third kappa shape index (κ3) is 3.18. The molecule has 4 heteroatoms. The van der Waals surface area contributed by atoms with Crippen molar-refractivity contribution in [3.8, 4) is 11.1 Å². The highest BCUT2D eigenvalue weighted by Crippen LogP contribution is 2.29. The quantitative estimate of drug-likeness (QED) is 0.778. The van der Waals surface area contributed by atoms with Crippen molar-refractivity contribution in [1.82, 2.24) is 10.2 Å². The number of rotatable bonds is 3. The normalized spacial score (nSPS) is 13.9. The number of nitrogens with one attached hydrogen (secondary N) is 1. The summed E-state index contributed by atoms with van der Waals surface area (Å²) in [6.45, 7) is 2.88. The van der Waals surface area contributed by atoms with Crippen molar-refractivity contribution in [1.29, 1.82) is 0 Å². The smallest absolute Gasteiger partial charge is 0.220 e. The molecule has 0 saturated heterocycles. The Morgan fingerprint density at radius 3 is 2.83 bits per heavy atom. The fraction of sp³-hybridized carbons (Fsp3) is 0.300. The molecule has 0 fully saturated rings. The minimum atomic E-state index is 0.609. The van der Waals surface area contributed by atoms with E-state index in [-0.39, 0.29) is 0 Å². The van der Waals surface area contributed by atoms with Crippen LogP contribution in [0.15, 0.2) is 46.9 Å². The van der Waals surface area contributed by atoms with E-state index >= 15 is 0 Å². The van der Waals surface area contributed by atoms with Gasteiger partial charge in [0.25, 0.3) is 0 Å². The van der Waals surface area contributed by atoms with Gasteiger partial charge in [-0.1, -0.05) is 36.4 Å². The predicted octanol–water partition coefficient (Wildman–Crippen LogP) is 4.38. The molecule has 0 saturated carbocycles. The largest absolute Gasteiger partial charge is 0.425 e. The second-order valence-corrected chi connectivity index (χ2v) is 6.35. The lowest BCUT2D eigenvalue weighted by molar-refractivity contribution is 0.477. The molecule has 1 aliphatic heterocycles. The molecule has 0 spiro atoms. The molecule has 0 unspecified atom stereocenters. The first kappa shape index (κ1) is 14.9. The van der Waals surface area contributed by atoms with E-state index in [2.05, 4.69) is 58.0 Å². The Morgan fingerprint density at radius 1 is 1.04 bits per heavy atom. The summed E-state index contributed by atoms with van der Waals surface area (Å²) in [4.78, 5) is 0. The summed E-state index contributed by atoms with van der Waals surface area (Å²) in [5.74, 6) is 1.27. The van der Waals surface area contributed by atoms with E-state index in [1.54, 1.807) is 0 Å². The molecule has 122 valence electrons. The van der Waals surface area contributed by atoms with E-state index in [0.29, 0.717) is 18.2 Å². The Hall–Kier alpha value is -2.62. The average Bonchev–Trinajstić information content (AvgIpc) is 2.87. The van der Waals surface area contributed by atoms with Crippen LogP contribution in [0.4, 0.5) is 5.69 Å². The first-order chi connectivity index (χ1) is 11.8. The highest BCUT2D eigenvalue weighted by atomic mass is 16.4. The number of nitrogens with zero attached hydrogens (tertiary/aromatic N) is 2. The minimum absolute atomic E-state index is 0.609. The number of aromatic nitrogens is 2. The molecular formula is C20H21N3O. The van der Waals surface area contributed by atoms with Crippen LogP contribution in [-0.2, 0) is 12.8 Å². The van der Waals surface area contributed by atoms with Crippen LogP contribution in [0.5, 0.6) is 0 Å². The monoisotopic (exact) mass is 319 g/mol. The zero-order chi connectivity index (χ0) is 16.4. The van der Waals surface area contributed by atoms with Gasteiger partial charge in [0.1, 0.15) is 0 Å². The van der Waals surface area contributed by atoms with Crippen LogP contribution >= 0.6 is 0 Å². The van der Waals surface area contributed by atoms with E-state index in [9.17, 15) is 0 Å². The van der Waals surface area contributed by atoms with Crippen molar-refractivity contribution in [2.45, 2.75) is 32.6 Å². The maximum absolute atomic E-state index is 5.49. The predicted molar refractivity (Wildman–Crippen MR) is 95.1 cm³/mol. The topological polar surface area (TPSA) is 51.0 Å². The molecule has 0 amide bonds. The molecule has 0 bridgehead atoms. The van der Waals surface area contributed by atoms with Crippen molar-refractivity contribution in [2.24, 2.45) is 0 Å². The summed E-state index contributed by atoms with van der Waals surface area (Å²) in [5.41, 5.74) is 6.35.